The second-order valence-corrected chi connectivity index (χ2v) is 12.2. The van der Waals surface area contributed by atoms with Crippen LogP contribution in [0.15, 0.2) is 6.33 Å². The summed E-state index contributed by atoms with van der Waals surface area (Å²) in [5.41, 5.74) is 0.896. The first-order valence-corrected chi connectivity index (χ1v) is 15.4. The van der Waals surface area contributed by atoms with Gasteiger partial charge in [-0.05, 0) is 59.3 Å². The topological polar surface area (TPSA) is 126 Å². The van der Waals surface area contributed by atoms with Crippen LogP contribution in [0.3, 0.4) is 0 Å². The molecule has 5 rings (SSSR count). The number of anilines is 2. The van der Waals surface area contributed by atoms with Gasteiger partial charge < -0.3 is 39.7 Å². The standard InChI is InChI=1S/C28H44F3N9O3/c1-4-10-39(26(43)28(29,30)31)19-15-20(23(42)22(19)41)40-17-33-21-24(32-9-14-37-11-6-5-7-12-37)34-27(35-25(21)40)38-13-8-18(16-38)36(2)3/h17-20,22-23,41-42H,4-16H2,1-3H3,(H,32,34,35)/t18-,19+,20-,22-,23+/m1/s1. The van der Waals surface area contributed by atoms with Gasteiger partial charge in [0.1, 0.15) is 12.2 Å². The van der Waals surface area contributed by atoms with Gasteiger partial charge in [0.05, 0.1) is 18.4 Å². The smallest absolute Gasteiger partial charge is 0.388 e. The summed E-state index contributed by atoms with van der Waals surface area (Å²) >= 11 is 0. The van der Waals surface area contributed by atoms with Gasteiger partial charge in [0.25, 0.3) is 0 Å². The van der Waals surface area contributed by atoms with Crippen LogP contribution in [0.2, 0.25) is 0 Å². The molecule has 1 aliphatic carbocycles. The zero-order chi connectivity index (χ0) is 30.9. The van der Waals surface area contributed by atoms with E-state index in [0.29, 0.717) is 40.4 Å². The van der Waals surface area contributed by atoms with Crippen molar-refractivity contribution in [1.29, 1.82) is 0 Å². The molecule has 2 saturated heterocycles. The van der Waals surface area contributed by atoms with E-state index in [1.807, 2.05) is 14.1 Å². The van der Waals surface area contributed by atoms with Crippen LogP contribution in [0.5, 0.6) is 0 Å². The molecule has 15 heteroatoms. The zero-order valence-electron chi connectivity index (χ0n) is 25.2. The number of alkyl halides is 3. The van der Waals surface area contributed by atoms with Crippen LogP contribution >= 0.6 is 0 Å². The minimum absolute atomic E-state index is 0.0842. The first-order valence-electron chi connectivity index (χ1n) is 15.4. The SMILES string of the molecule is CCCN(C(=O)C(F)(F)F)[C@H]1C[C@@H](n2cnc3c(NCCN4CCCCC4)nc(N4CC[C@@H](N(C)C)C4)nc32)[C@H](O)[C@@H]1O. The third kappa shape index (κ3) is 6.69. The van der Waals surface area contributed by atoms with Gasteiger partial charge in [0, 0.05) is 38.8 Å². The van der Waals surface area contributed by atoms with E-state index in [9.17, 15) is 28.2 Å². The zero-order valence-corrected chi connectivity index (χ0v) is 25.2. The van der Waals surface area contributed by atoms with Gasteiger partial charge in [0.2, 0.25) is 5.95 Å². The molecular formula is C28H44F3N9O3. The molecule has 43 heavy (non-hydrogen) atoms. The van der Waals surface area contributed by atoms with Gasteiger partial charge in [-0.15, -0.1) is 0 Å². The Hall–Kier alpha value is -2.75. The number of carbonyl (C=O) groups is 1. The molecule has 3 fully saturated rings. The molecule has 1 saturated carbocycles. The molecule has 2 aromatic heterocycles. The predicted molar refractivity (Wildman–Crippen MR) is 156 cm³/mol. The lowest BCUT2D eigenvalue weighted by atomic mass is 10.1. The lowest BCUT2D eigenvalue weighted by Gasteiger charge is -2.31. The highest BCUT2D eigenvalue weighted by atomic mass is 19.4. The molecule has 5 atom stereocenters. The maximum atomic E-state index is 13.4. The lowest BCUT2D eigenvalue weighted by molar-refractivity contribution is -0.190. The summed E-state index contributed by atoms with van der Waals surface area (Å²) in [7, 11) is 4.07. The number of imidazole rings is 1. The van der Waals surface area contributed by atoms with Gasteiger partial charge in [-0.1, -0.05) is 13.3 Å². The molecule has 0 radical (unpaired) electrons. The van der Waals surface area contributed by atoms with Gasteiger partial charge >= 0.3 is 12.1 Å². The normalized spacial score (nSPS) is 27.0. The van der Waals surface area contributed by atoms with Crippen molar-refractivity contribution in [2.45, 2.75) is 82.0 Å². The number of aliphatic hydroxyl groups is 2. The van der Waals surface area contributed by atoms with Crippen molar-refractivity contribution in [3.63, 3.8) is 0 Å². The van der Waals surface area contributed by atoms with Gasteiger partial charge in [-0.25, -0.2) is 4.98 Å². The van der Waals surface area contributed by atoms with Gasteiger partial charge in [-0.3, -0.25) is 4.79 Å². The molecular weight excluding hydrogens is 567 g/mol. The number of nitrogens with zero attached hydrogens (tertiary/aromatic N) is 8. The van der Waals surface area contributed by atoms with E-state index >= 15 is 0 Å². The Labute approximate surface area is 249 Å². The predicted octanol–water partition coefficient (Wildman–Crippen LogP) is 1.70. The van der Waals surface area contributed by atoms with Crippen molar-refractivity contribution in [1.82, 2.24) is 34.2 Å². The highest BCUT2D eigenvalue weighted by Gasteiger charge is 2.51. The Balaban J connectivity index is 1.45. The Morgan fingerprint density at radius 1 is 1.12 bits per heavy atom. The third-order valence-corrected chi connectivity index (χ3v) is 9.10. The Kier molecular flexibility index (Phi) is 9.64. The number of aromatic nitrogens is 4. The van der Waals surface area contributed by atoms with E-state index < -0.39 is 36.4 Å². The molecule has 240 valence electrons. The number of likely N-dealkylation sites (tertiary alicyclic amines) is 1. The van der Waals surface area contributed by atoms with Crippen LogP contribution in [0.25, 0.3) is 11.2 Å². The second-order valence-electron chi connectivity index (χ2n) is 12.2. The largest absolute Gasteiger partial charge is 0.471 e. The molecule has 0 spiro atoms. The summed E-state index contributed by atoms with van der Waals surface area (Å²) in [6, 6.07) is -1.72. The van der Waals surface area contributed by atoms with E-state index in [1.54, 1.807) is 11.5 Å². The number of piperidine rings is 1. The first kappa shape index (κ1) is 31.7. The van der Waals surface area contributed by atoms with Gasteiger partial charge in [-0.2, -0.15) is 23.1 Å². The van der Waals surface area contributed by atoms with E-state index in [1.165, 1.54) is 25.6 Å². The van der Waals surface area contributed by atoms with Crippen LogP contribution in [-0.4, -0.2) is 141 Å². The number of rotatable bonds is 10. The van der Waals surface area contributed by atoms with E-state index in [0.717, 1.165) is 39.1 Å². The first-order chi connectivity index (χ1) is 20.5. The Bertz CT molecular complexity index is 1250. The minimum Gasteiger partial charge on any atom is -0.388 e. The number of nitrogens with one attached hydrogen (secondary N) is 1. The fraction of sp³-hybridized carbons (Fsp3) is 0.786. The maximum absolute atomic E-state index is 13.4. The van der Waals surface area contributed by atoms with Crippen molar-refractivity contribution in [2.24, 2.45) is 0 Å². The van der Waals surface area contributed by atoms with E-state index in [4.69, 9.17) is 9.97 Å². The second kappa shape index (κ2) is 13.1. The molecule has 1 amide bonds. The minimum atomic E-state index is -5.09. The number of hydrogen-bond acceptors (Lipinski definition) is 10. The summed E-state index contributed by atoms with van der Waals surface area (Å²) in [4.78, 5) is 33.9. The van der Waals surface area contributed by atoms with Crippen LogP contribution in [0.1, 0.15) is 51.5 Å². The Morgan fingerprint density at radius 2 is 1.86 bits per heavy atom. The van der Waals surface area contributed by atoms with Crippen LogP contribution < -0.4 is 10.2 Å². The number of carbonyl (C=O) groups excluding carboxylic acids is 1. The number of hydrogen-bond donors (Lipinski definition) is 3. The molecule has 3 aliphatic rings. The molecule has 0 aromatic carbocycles. The number of likely N-dealkylation sites (N-methyl/N-ethyl adjacent to an activating group) is 1. The average Bonchev–Trinajstić information content (AvgIpc) is 3.70. The molecule has 0 unspecified atom stereocenters. The van der Waals surface area contributed by atoms with Crippen LogP contribution in [0.4, 0.5) is 24.9 Å². The molecule has 0 bridgehead atoms. The monoisotopic (exact) mass is 611 g/mol. The number of amides is 1. The molecule has 3 N–H and O–H groups in total. The summed E-state index contributed by atoms with van der Waals surface area (Å²) in [5, 5.41) is 25.4. The van der Waals surface area contributed by atoms with Crippen LogP contribution in [0, 0.1) is 0 Å². The molecule has 12 nitrogen and oxygen atoms in total. The third-order valence-electron chi connectivity index (χ3n) is 9.10. The van der Waals surface area contributed by atoms with Crippen molar-refractivity contribution < 1.29 is 28.2 Å². The van der Waals surface area contributed by atoms with E-state index in [-0.39, 0.29) is 19.4 Å². The fourth-order valence-corrected chi connectivity index (χ4v) is 6.67. The lowest BCUT2D eigenvalue weighted by Crippen LogP contribution is -2.51. The Morgan fingerprint density at radius 3 is 2.51 bits per heavy atom. The van der Waals surface area contributed by atoms with Crippen molar-refractivity contribution in [3.8, 4) is 0 Å². The summed E-state index contributed by atoms with van der Waals surface area (Å²) in [5.74, 6) is -0.965. The van der Waals surface area contributed by atoms with E-state index in [2.05, 4.69) is 25.0 Å². The summed E-state index contributed by atoms with van der Waals surface area (Å²) < 4.78 is 41.9. The number of aliphatic hydroxyl groups excluding tert-OH is 2. The molecule has 2 aliphatic heterocycles. The molecule has 4 heterocycles. The average molecular weight is 612 g/mol. The maximum Gasteiger partial charge on any atom is 0.471 e. The summed E-state index contributed by atoms with van der Waals surface area (Å²) in [6.07, 6.45) is -1.83. The van der Waals surface area contributed by atoms with Gasteiger partial charge in [0.15, 0.2) is 17.0 Å². The summed E-state index contributed by atoms with van der Waals surface area (Å²) in [6.45, 7) is 6.59. The van der Waals surface area contributed by atoms with Crippen molar-refractivity contribution in [3.05, 3.63) is 6.33 Å². The van der Waals surface area contributed by atoms with Crippen LogP contribution in [-0.2, 0) is 4.79 Å². The van der Waals surface area contributed by atoms with Crippen molar-refractivity contribution in [2.75, 3.05) is 70.1 Å². The number of fused-ring (bicyclic) bond motifs is 1. The number of halogens is 3. The highest BCUT2D eigenvalue weighted by molar-refractivity contribution is 5.85. The molecule has 2 aromatic rings. The fourth-order valence-electron chi connectivity index (χ4n) is 6.67. The highest BCUT2D eigenvalue weighted by Crippen LogP contribution is 2.38. The quantitative estimate of drug-likeness (QED) is 0.366. The van der Waals surface area contributed by atoms with Crippen molar-refractivity contribution >= 4 is 28.8 Å².